The highest BCUT2D eigenvalue weighted by atomic mass is 35.5. The Balaban J connectivity index is 3.13. The second-order valence-corrected chi connectivity index (χ2v) is 3.50. The molecule has 0 fully saturated rings. The molecule has 0 atom stereocenters. The molecule has 0 saturated carbocycles. The van der Waals surface area contributed by atoms with Crippen LogP contribution in [0.15, 0.2) is 18.2 Å². The van der Waals surface area contributed by atoms with E-state index in [1.54, 1.807) is 12.1 Å². The van der Waals surface area contributed by atoms with E-state index in [2.05, 4.69) is 4.74 Å². The molecule has 0 aliphatic heterocycles. The zero-order chi connectivity index (χ0) is 12.1. The van der Waals surface area contributed by atoms with Crippen LogP contribution in [0.5, 0.6) is 0 Å². The van der Waals surface area contributed by atoms with Crippen LogP contribution >= 0.6 is 11.6 Å². The number of esters is 1. The van der Waals surface area contributed by atoms with Crippen molar-refractivity contribution in [2.75, 3.05) is 18.7 Å². The van der Waals surface area contributed by atoms with E-state index in [0.29, 0.717) is 5.56 Å². The van der Waals surface area contributed by atoms with E-state index in [-0.39, 0.29) is 29.3 Å². The maximum Gasteiger partial charge on any atom is 0.339 e. The van der Waals surface area contributed by atoms with Gasteiger partial charge in [0.25, 0.3) is 0 Å². The lowest BCUT2D eigenvalue weighted by atomic mass is 10.0. The molecule has 0 amide bonds. The highest BCUT2D eigenvalue weighted by Gasteiger charge is 2.16. The highest BCUT2D eigenvalue weighted by Crippen LogP contribution is 2.20. The molecule has 0 aromatic heterocycles. The minimum absolute atomic E-state index is 0.143. The van der Waals surface area contributed by atoms with Crippen molar-refractivity contribution in [3.8, 4) is 0 Å². The Kier molecular flexibility index (Phi) is 4.31. The number of halogens is 1. The standard InChI is InChI=1S/C11H12ClNO3/c1-16-11(15)8-4-2-3-7(10(8)13)9(14)5-6-12/h2-4H,5-6,13H2,1H3. The summed E-state index contributed by atoms with van der Waals surface area (Å²) < 4.78 is 4.56. The van der Waals surface area contributed by atoms with E-state index >= 15 is 0 Å². The Bertz CT molecular complexity index is 418. The van der Waals surface area contributed by atoms with Gasteiger partial charge in [-0.2, -0.15) is 0 Å². The van der Waals surface area contributed by atoms with Gasteiger partial charge >= 0.3 is 5.97 Å². The average molecular weight is 242 g/mol. The van der Waals surface area contributed by atoms with Crippen molar-refractivity contribution in [2.45, 2.75) is 6.42 Å². The Morgan fingerprint density at radius 3 is 2.56 bits per heavy atom. The lowest BCUT2D eigenvalue weighted by Gasteiger charge is -2.07. The van der Waals surface area contributed by atoms with Crippen molar-refractivity contribution in [2.24, 2.45) is 0 Å². The molecule has 16 heavy (non-hydrogen) atoms. The molecule has 1 aromatic rings. The van der Waals surface area contributed by atoms with Crippen LogP contribution in [0.25, 0.3) is 0 Å². The number of hydrogen-bond acceptors (Lipinski definition) is 4. The molecule has 0 saturated heterocycles. The van der Waals surface area contributed by atoms with Gasteiger partial charge in [0.15, 0.2) is 5.78 Å². The third-order valence-corrected chi connectivity index (χ3v) is 2.32. The van der Waals surface area contributed by atoms with E-state index in [4.69, 9.17) is 17.3 Å². The number of benzene rings is 1. The fourth-order valence-corrected chi connectivity index (χ4v) is 1.49. The van der Waals surface area contributed by atoms with E-state index in [1.165, 1.54) is 13.2 Å². The van der Waals surface area contributed by atoms with E-state index in [0.717, 1.165) is 0 Å². The van der Waals surface area contributed by atoms with Gasteiger partial charge in [-0.15, -0.1) is 11.6 Å². The predicted octanol–water partition coefficient (Wildman–Crippen LogP) is 1.87. The maximum atomic E-state index is 11.6. The summed E-state index contributed by atoms with van der Waals surface area (Å²) in [6.45, 7) is 0. The molecular weight excluding hydrogens is 230 g/mol. The smallest absolute Gasteiger partial charge is 0.339 e. The van der Waals surface area contributed by atoms with Crippen LogP contribution in [-0.2, 0) is 4.74 Å². The average Bonchev–Trinajstić information content (AvgIpc) is 2.28. The number of alkyl halides is 1. The summed E-state index contributed by atoms with van der Waals surface area (Å²) in [6, 6.07) is 4.67. The van der Waals surface area contributed by atoms with Gasteiger partial charge in [-0.1, -0.05) is 6.07 Å². The van der Waals surface area contributed by atoms with Gasteiger partial charge in [-0.3, -0.25) is 4.79 Å². The molecule has 4 nitrogen and oxygen atoms in total. The Hall–Kier alpha value is -1.55. The number of methoxy groups -OCH3 is 1. The molecule has 0 unspecified atom stereocenters. The van der Waals surface area contributed by atoms with Gasteiger partial charge in [0, 0.05) is 17.9 Å². The lowest BCUT2D eigenvalue weighted by Crippen LogP contribution is -2.11. The number of ether oxygens (including phenoxy) is 1. The lowest BCUT2D eigenvalue weighted by molar-refractivity contribution is 0.0602. The van der Waals surface area contributed by atoms with Crippen LogP contribution in [0.2, 0.25) is 0 Å². The topological polar surface area (TPSA) is 69.4 Å². The van der Waals surface area contributed by atoms with E-state index in [9.17, 15) is 9.59 Å². The SMILES string of the molecule is COC(=O)c1cccc(C(=O)CCCl)c1N. The first-order valence-electron chi connectivity index (χ1n) is 4.67. The quantitative estimate of drug-likeness (QED) is 0.378. The van der Waals surface area contributed by atoms with Crippen LogP contribution in [-0.4, -0.2) is 24.7 Å². The Morgan fingerprint density at radius 1 is 1.38 bits per heavy atom. The summed E-state index contributed by atoms with van der Waals surface area (Å²) >= 11 is 5.47. The minimum Gasteiger partial charge on any atom is -0.465 e. The number of hydrogen-bond donors (Lipinski definition) is 1. The van der Waals surface area contributed by atoms with Gasteiger partial charge in [0.05, 0.1) is 18.4 Å². The summed E-state index contributed by atoms with van der Waals surface area (Å²) in [5.41, 5.74) is 6.38. The number of carbonyl (C=O) groups is 2. The number of rotatable bonds is 4. The van der Waals surface area contributed by atoms with Crippen molar-refractivity contribution in [3.05, 3.63) is 29.3 Å². The van der Waals surface area contributed by atoms with Crippen LogP contribution in [0.4, 0.5) is 5.69 Å². The summed E-state index contributed by atoms with van der Waals surface area (Å²) in [5, 5.41) is 0. The third kappa shape index (κ3) is 2.52. The molecule has 0 bridgehead atoms. The first-order chi connectivity index (χ1) is 7.61. The van der Waals surface area contributed by atoms with Crippen molar-refractivity contribution in [1.82, 2.24) is 0 Å². The molecule has 1 rings (SSSR count). The van der Waals surface area contributed by atoms with Gasteiger partial charge in [-0.05, 0) is 12.1 Å². The van der Waals surface area contributed by atoms with Crippen LogP contribution in [0.3, 0.4) is 0 Å². The van der Waals surface area contributed by atoms with Gasteiger partial charge < -0.3 is 10.5 Å². The maximum absolute atomic E-state index is 11.6. The number of Topliss-reactive ketones (excluding diaryl/α,β-unsaturated/α-hetero) is 1. The molecule has 0 aliphatic rings. The number of carbonyl (C=O) groups excluding carboxylic acids is 2. The monoisotopic (exact) mass is 241 g/mol. The second kappa shape index (κ2) is 5.51. The molecular formula is C11H12ClNO3. The molecule has 1 aromatic carbocycles. The highest BCUT2D eigenvalue weighted by molar-refractivity contribution is 6.20. The van der Waals surface area contributed by atoms with Crippen molar-refractivity contribution in [3.63, 3.8) is 0 Å². The first-order valence-corrected chi connectivity index (χ1v) is 5.21. The molecule has 0 spiro atoms. The Morgan fingerprint density at radius 2 is 2.00 bits per heavy atom. The minimum atomic E-state index is -0.557. The third-order valence-electron chi connectivity index (χ3n) is 2.13. The molecule has 2 N–H and O–H groups in total. The number of nitrogens with two attached hydrogens (primary N) is 1. The summed E-state index contributed by atoms with van der Waals surface area (Å²) in [4.78, 5) is 22.9. The first kappa shape index (κ1) is 12.5. The van der Waals surface area contributed by atoms with Gasteiger partial charge in [0.1, 0.15) is 0 Å². The van der Waals surface area contributed by atoms with Crippen LogP contribution in [0, 0.1) is 0 Å². The normalized spacial score (nSPS) is 9.88. The molecule has 0 radical (unpaired) electrons. The van der Waals surface area contributed by atoms with Gasteiger partial charge in [0.2, 0.25) is 0 Å². The molecule has 0 heterocycles. The summed E-state index contributed by atoms with van der Waals surface area (Å²) in [5.74, 6) is -0.517. The van der Waals surface area contributed by atoms with E-state index in [1.807, 2.05) is 0 Å². The number of para-hydroxylation sites is 1. The molecule has 86 valence electrons. The fourth-order valence-electron chi connectivity index (χ4n) is 1.32. The van der Waals surface area contributed by atoms with Crippen LogP contribution < -0.4 is 5.73 Å². The number of nitrogen functional groups attached to an aromatic ring is 1. The fraction of sp³-hybridized carbons (Fsp3) is 0.273. The Labute approximate surface area is 98.3 Å². The van der Waals surface area contributed by atoms with E-state index < -0.39 is 5.97 Å². The summed E-state index contributed by atoms with van der Waals surface area (Å²) in [6.07, 6.45) is 0.191. The molecule has 0 aliphatic carbocycles. The van der Waals surface area contributed by atoms with Crippen molar-refractivity contribution < 1.29 is 14.3 Å². The largest absolute Gasteiger partial charge is 0.465 e. The van der Waals surface area contributed by atoms with Gasteiger partial charge in [-0.25, -0.2) is 4.79 Å². The zero-order valence-corrected chi connectivity index (χ0v) is 9.58. The summed E-state index contributed by atoms with van der Waals surface area (Å²) in [7, 11) is 1.26. The number of anilines is 1. The zero-order valence-electron chi connectivity index (χ0n) is 8.83. The molecule has 5 heteroatoms. The van der Waals surface area contributed by atoms with Crippen molar-refractivity contribution in [1.29, 1.82) is 0 Å². The predicted molar refractivity (Wildman–Crippen MR) is 61.9 cm³/mol. The second-order valence-electron chi connectivity index (χ2n) is 3.12. The van der Waals surface area contributed by atoms with Crippen LogP contribution in [0.1, 0.15) is 27.1 Å². The van der Waals surface area contributed by atoms with Crippen molar-refractivity contribution >= 4 is 29.0 Å². The number of ketones is 1.